The molecule has 0 fully saturated rings. The molecular formula is C25H35FN4O5S. The highest BCUT2D eigenvalue weighted by Crippen LogP contribution is 2.21. The predicted molar refractivity (Wildman–Crippen MR) is 137 cm³/mol. The molecule has 0 aliphatic carbocycles. The Morgan fingerprint density at radius 3 is 2.19 bits per heavy atom. The fraction of sp³-hybridized carbons (Fsp3) is 0.440. The van der Waals surface area contributed by atoms with E-state index in [-0.39, 0.29) is 18.1 Å². The van der Waals surface area contributed by atoms with Crippen LogP contribution >= 0.6 is 0 Å². The number of carbonyl (C=O) groups excluding carboxylic acids is 2. The molecule has 0 aromatic heterocycles. The third kappa shape index (κ3) is 7.66. The first-order valence-electron chi connectivity index (χ1n) is 11.7. The van der Waals surface area contributed by atoms with E-state index in [1.165, 1.54) is 31.1 Å². The van der Waals surface area contributed by atoms with Crippen LogP contribution in [0, 0.1) is 5.82 Å². The van der Waals surface area contributed by atoms with Crippen molar-refractivity contribution in [1.29, 1.82) is 0 Å². The van der Waals surface area contributed by atoms with E-state index in [1.807, 2.05) is 6.92 Å². The number of carbonyl (C=O) groups is 2. The van der Waals surface area contributed by atoms with E-state index in [9.17, 15) is 22.4 Å². The average molecular weight is 523 g/mol. The number of hydrogen-bond donors (Lipinski definition) is 1. The molecule has 0 saturated carbocycles. The van der Waals surface area contributed by atoms with E-state index in [0.717, 1.165) is 39.1 Å². The minimum Gasteiger partial charge on any atom is -0.497 e. The number of methoxy groups -OCH3 is 1. The number of halogens is 1. The summed E-state index contributed by atoms with van der Waals surface area (Å²) in [5.74, 6) is -0.819. The predicted octanol–water partition coefficient (Wildman–Crippen LogP) is 2.78. The van der Waals surface area contributed by atoms with Gasteiger partial charge in [0.25, 0.3) is 0 Å². The molecule has 0 aliphatic rings. The summed E-state index contributed by atoms with van der Waals surface area (Å²) in [4.78, 5) is 27.8. The molecule has 198 valence electrons. The van der Waals surface area contributed by atoms with Gasteiger partial charge in [-0.15, -0.1) is 0 Å². The second-order valence-electron chi connectivity index (χ2n) is 8.46. The molecule has 2 amide bonds. The SMILES string of the molecule is CCCCNC(=O)[C@H](C)N(Cc1ccc(OC)cc1)C(=O)CN(c1ccc(F)cc1)S(=O)(=O)N(C)C. The van der Waals surface area contributed by atoms with E-state index in [1.54, 1.807) is 38.3 Å². The molecule has 1 atom stereocenters. The summed E-state index contributed by atoms with van der Waals surface area (Å²) in [6.07, 6.45) is 1.70. The summed E-state index contributed by atoms with van der Waals surface area (Å²) >= 11 is 0. The molecule has 0 radical (unpaired) electrons. The molecule has 36 heavy (non-hydrogen) atoms. The molecule has 1 N–H and O–H groups in total. The van der Waals surface area contributed by atoms with Crippen molar-refractivity contribution in [2.45, 2.75) is 39.3 Å². The first-order valence-corrected chi connectivity index (χ1v) is 13.1. The van der Waals surface area contributed by atoms with Gasteiger partial charge >= 0.3 is 10.2 Å². The third-order valence-corrected chi connectivity index (χ3v) is 7.46. The highest BCUT2D eigenvalue weighted by molar-refractivity contribution is 7.90. The average Bonchev–Trinajstić information content (AvgIpc) is 2.86. The molecular weight excluding hydrogens is 487 g/mol. The summed E-state index contributed by atoms with van der Waals surface area (Å²) in [6.45, 7) is 3.58. The quantitative estimate of drug-likeness (QED) is 0.408. The van der Waals surface area contributed by atoms with Crippen LogP contribution < -0.4 is 14.4 Å². The maximum atomic E-state index is 13.6. The molecule has 9 nitrogen and oxygen atoms in total. The second-order valence-corrected chi connectivity index (χ2v) is 10.5. The largest absolute Gasteiger partial charge is 0.497 e. The Bertz CT molecular complexity index is 1110. The minimum atomic E-state index is -4.10. The molecule has 0 bridgehead atoms. The van der Waals surface area contributed by atoms with Gasteiger partial charge in [-0.1, -0.05) is 25.5 Å². The van der Waals surface area contributed by atoms with Gasteiger partial charge in [0.2, 0.25) is 11.8 Å². The Hall–Kier alpha value is -3.18. The van der Waals surface area contributed by atoms with Gasteiger partial charge in [0.1, 0.15) is 24.2 Å². The molecule has 0 saturated heterocycles. The van der Waals surface area contributed by atoms with Crippen molar-refractivity contribution in [2.75, 3.05) is 38.6 Å². The molecule has 11 heteroatoms. The van der Waals surface area contributed by atoms with Crippen molar-refractivity contribution in [1.82, 2.24) is 14.5 Å². The Morgan fingerprint density at radius 1 is 1.06 bits per heavy atom. The van der Waals surface area contributed by atoms with Crippen molar-refractivity contribution in [3.8, 4) is 5.75 Å². The van der Waals surface area contributed by atoms with E-state index in [2.05, 4.69) is 5.32 Å². The van der Waals surface area contributed by atoms with Crippen molar-refractivity contribution in [3.05, 3.63) is 59.9 Å². The van der Waals surface area contributed by atoms with E-state index >= 15 is 0 Å². The van der Waals surface area contributed by atoms with Gasteiger partial charge in [-0.05, 0) is 55.3 Å². The number of anilines is 1. The van der Waals surface area contributed by atoms with Crippen molar-refractivity contribution >= 4 is 27.7 Å². The standard InChI is InChI=1S/C25H35FN4O5S/c1-6-7-16-27-25(32)19(2)29(17-20-8-14-23(35-5)15-9-20)24(31)18-30(36(33,34)28(3)4)22-12-10-21(26)11-13-22/h8-15,19H,6-7,16-18H2,1-5H3,(H,27,32)/t19-/m0/s1. The van der Waals surface area contributed by atoms with Crippen molar-refractivity contribution < 1.29 is 27.1 Å². The van der Waals surface area contributed by atoms with Crippen LogP contribution in [0.5, 0.6) is 5.75 Å². The number of nitrogens with zero attached hydrogens (tertiary/aromatic N) is 3. The number of amides is 2. The highest BCUT2D eigenvalue weighted by atomic mass is 32.2. The molecule has 2 aromatic carbocycles. The fourth-order valence-corrected chi connectivity index (χ4v) is 4.43. The van der Waals surface area contributed by atoms with Gasteiger partial charge in [-0.25, -0.2) is 8.70 Å². The van der Waals surface area contributed by atoms with Crippen LogP contribution in [0.1, 0.15) is 32.3 Å². The zero-order valence-electron chi connectivity index (χ0n) is 21.4. The first-order chi connectivity index (χ1) is 17.0. The molecule has 0 aliphatic heterocycles. The van der Waals surface area contributed by atoms with Gasteiger partial charge in [-0.2, -0.15) is 12.7 Å². The zero-order valence-corrected chi connectivity index (χ0v) is 22.2. The number of rotatable bonds is 13. The van der Waals surface area contributed by atoms with Gasteiger partial charge in [0, 0.05) is 27.2 Å². The molecule has 0 unspecified atom stereocenters. The van der Waals surface area contributed by atoms with Crippen molar-refractivity contribution in [3.63, 3.8) is 0 Å². The number of ether oxygens (including phenoxy) is 1. The zero-order chi connectivity index (χ0) is 26.9. The fourth-order valence-electron chi connectivity index (χ4n) is 3.37. The van der Waals surface area contributed by atoms with Crippen LogP contribution in [0.3, 0.4) is 0 Å². The number of nitrogens with one attached hydrogen (secondary N) is 1. The highest BCUT2D eigenvalue weighted by Gasteiger charge is 2.32. The third-order valence-electron chi connectivity index (χ3n) is 5.64. The number of unbranched alkanes of at least 4 members (excludes halogenated alkanes) is 1. The van der Waals surface area contributed by atoms with Crippen LogP contribution in [-0.4, -0.2) is 69.8 Å². The van der Waals surface area contributed by atoms with Crippen LogP contribution in [0.2, 0.25) is 0 Å². The number of benzene rings is 2. The Morgan fingerprint density at radius 2 is 1.67 bits per heavy atom. The van der Waals surface area contributed by atoms with Crippen LogP contribution in [0.4, 0.5) is 10.1 Å². The smallest absolute Gasteiger partial charge is 0.304 e. The summed E-state index contributed by atoms with van der Waals surface area (Å²) < 4.78 is 46.7. The lowest BCUT2D eigenvalue weighted by molar-refractivity contribution is -0.139. The lowest BCUT2D eigenvalue weighted by Gasteiger charge is -2.32. The normalized spacial score (nSPS) is 12.2. The Balaban J connectivity index is 2.40. The Labute approximate surface area is 213 Å². The topological polar surface area (TPSA) is 99.3 Å². The molecule has 2 rings (SSSR count). The molecule has 2 aromatic rings. The lowest BCUT2D eigenvalue weighted by Crippen LogP contribution is -2.52. The molecule has 0 heterocycles. The van der Waals surface area contributed by atoms with E-state index in [0.29, 0.717) is 12.3 Å². The van der Waals surface area contributed by atoms with E-state index < -0.39 is 34.5 Å². The second kappa shape index (κ2) is 13.2. The summed E-state index contributed by atoms with van der Waals surface area (Å²) in [5.41, 5.74) is 0.865. The summed E-state index contributed by atoms with van der Waals surface area (Å²) in [7, 11) is 0.130. The van der Waals surface area contributed by atoms with Crippen molar-refractivity contribution in [2.24, 2.45) is 0 Å². The summed E-state index contributed by atoms with van der Waals surface area (Å²) in [6, 6.07) is 11.0. The molecule has 0 spiro atoms. The number of hydrogen-bond acceptors (Lipinski definition) is 5. The van der Waals surface area contributed by atoms with E-state index in [4.69, 9.17) is 4.74 Å². The van der Waals surface area contributed by atoms with Gasteiger partial charge in [0.05, 0.1) is 12.8 Å². The Kier molecular flexibility index (Phi) is 10.7. The lowest BCUT2D eigenvalue weighted by atomic mass is 10.1. The monoisotopic (exact) mass is 522 g/mol. The van der Waals surface area contributed by atoms with Crippen LogP contribution in [-0.2, 0) is 26.3 Å². The summed E-state index contributed by atoms with van der Waals surface area (Å²) in [5, 5.41) is 2.83. The maximum Gasteiger partial charge on any atom is 0.304 e. The van der Waals surface area contributed by atoms with Gasteiger partial charge in [-0.3, -0.25) is 9.59 Å². The maximum absolute atomic E-state index is 13.6. The van der Waals surface area contributed by atoms with Gasteiger partial charge in [0.15, 0.2) is 0 Å². The van der Waals surface area contributed by atoms with Gasteiger partial charge < -0.3 is 15.0 Å². The first kappa shape index (κ1) is 29.1. The van der Waals surface area contributed by atoms with Crippen LogP contribution in [0.25, 0.3) is 0 Å². The van der Waals surface area contributed by atoms with Crippen LogP contribution in [0.15, 0.2) is 48.5 Å². The minimum absolute atomic E-state index is 0.0739.